The van der Waals surface area contributed by atoms with Gasteiger partial charge in [0.2, 0.25) is 0 Å². The van der Waals surface area contributed by atoms with E-state index in [4.69, 9.17) is 6.58 Å². The Labute approximate surface area is 226 Å². The lowest BCUT2D eigenvalue weighted by Gasteiger charge is -2.37. The van der Waals surface area contributed by atoms with Gasteiger partial charge in [0.1, 0.15) is 0 Å². The molecular formula is C38H34. The van der Waals surface area contributed by atoms with Crippen LogP contribution in [0.3, 0.4) is 0 Å². The molecule has 0 fully saturated rings. The second-order valence-electron chi connectivity index (χ2n) is 10.5. The Morgan fingerprint density at radius 1 is 0.684 bits per heavy atom. The molecule has 0 bridgehead atoms. The number of allylic oxidation sites excluding steroid dienone is 15. The van der Waals surface area contributed by atoms with Crippen LogP contribution >= 0.6 is 0 Å². The molecule has 4 atom stereocenters. The van der Waals surface area contributed by atoms with Crippen molar-refractivity contribution < 1.29 is 0 Å². The van der Waals surface area contributed by atoms with Gasteiger partial charge in [0, 0.05) is 23.7 Å². The molecule has 4 aliphatic carbocycles. The quantitative estimate of drug-likeness (QED) is 0.362. The predicted molar refractivity (Wildman–Crippen MR) is 163 cm³/mol. The van der Waals surface area contributed by atoms with Crippen LogP contribution in [0.15, 0.2) is 157 Å². The normalized spacial score (nSPS) is 25.3. The van der Waals surface area contributed by atoms with E-state index in [0.717, 1.165) is 18.4 Å². The van der Waals surface area contributed by atoms with E-state index in [1.807, 2.05) is 0 Å². The molecule has 4 aliphatic rings. The van der Waals surface area contributed by atoms with E-state index in [1.165, 1.54) is 38.3 Å². The number of hydrogen-bond donors (Lipinski definition) is 0. The molecule has 0 nitrogen and oxygen atoms in total. The van der Waals surface area contributed by atoms with Crippen molar-refractivity contribution in [3.05, 3.63) is 173 Å². The Kier molecular flexibility index (Phi) is 6.80. The van der Waals surface area contributed by atoms with Crippen LogP contribution in [-0.4, -0.2) is 0 Å². The van der Waals surface area contributed by atoms with Crippen molar-refractivity contribution >= 4 is 17.2 Å². The monoisotopic (exact) mass is 490 g/mol. The van der Waals surface area contributed by atoms with Crippen LogP contribution in [0.5, 0.6) is 0 Å². The van der Waals surface area contributed by atoms with Crippen LogP contribution in [0, 0.1) is 23.7 Å². The van der Waals surface area contributed by atoms with Crippen molar-refractivity contribution in [2.24, 2.45) is 23.7 Å². The largest absolute Gasteiger partial charge is 0.0949 e. The second kappa shape index (κ2) is 10.7. The first-order valence-corrected chi connectivity index (χ1v) is 13.7. The highest BCUT2D eigenvalue weighted by atomic mass is 14.4. The molecule has 0 heterocycles. The first kappa shape index (κ1) is 24.2. The highest BCUT2D eigenvalue weighted by molar-refractivity contribution is 5.82. The molecule has 0 aliphatic heterocycles. The molecule has 6 rings (SSSR count). The molecule has 4 unspecified atom stereocenters. The highest BCUT2D eigenvalue weighted by Gasteiger charge is 2.35. The number of fused-ring (bicyclic) bond motifs is 2. The third kappa shape index (κ3) is 4.52. The molecule has 0 spiro atoms. The standard InChI is InChI=1S/C38H34/c1-27(25-26-29-15-5-3-6-16-29)37-33-21-11-13-23-35(33)38(36-24-14-12-22-34(36)37)28(2)31-19-9-10-20-32(31)30-17-7-4-8-18-30/h3,5-7,9-26,31-33,35H,1-2,4,8H2/b26-25-. The van der Waals surface area contributed by atoms with Gasteiger partial charge in [-0.2, -0.15) is 0 Å². The molecule has 0 N–H and O–H groups in total. The summed E-state index contributed by atoms with van der Waals surface area (Å²) < 4.78 is 0. The minimum Gasteiger partial charge on any atom is -0.0949 e. The van der Waals surface area contributed by atoms with Gasteiger partial charge in [0.25, 0.3) is 0 Å². The fraction of sp³-hybridized carbons (Fsp3) is 0.158. The Morgan fingerprint density at radius 2 is 1.32 bits per heavy atom. The average molecular weight is 491 g/mol. The van der Waals surface area contributed by atoms with E-state index in [9.17, 15) is 0 Å². The molecule has 2 aromatic rings. The minimum atomic E-state index is 0.227. The van der Waals surface area contributed by atoms with Crippen molar-refractivity contribution in [3.63, 3.8) is 0 Å². The molecule has 0 saturated heterocycles. The van der Waals surface area contributed by atoms with Crippen molar-refractivity contribution in [1.82, 2.24) is 0 Å². The lowest BCUT2D eigenvalue weighted by molar-refractivity contribution is 0.601. The van der Waals surface area contributed by atoms with Gasteiger partial charge in [-0.1, -0.05) is 147 Å². The van der Waals surface area contributed by atoms with Crippen molar-refractivity contribution in [2.45, 2.75) is 12.8 Å². The summed E-state index contributed by atoms with van der Waals surface area (Å²) >= 11 is 0. The zero-order valence-corrected chi connectivity index (χ0v) is 21.8. The maximum absolute atomic E-state index is 4.81. The van der Waals surface area contributed by atoms with Gasteiger partial charge in [0.05, 0.1) is 0 Å². The Balaban J connectivity index is 1.49. The van der Waals surface area contributed by atoms with Gasteiger partial charge >= 0.3 is 0 Å². The number of rotatable bonds is 6. The van der Waals surface area contributed by atoms with E-state index < -0.39 is 0 Å². The average Bonchev–Trinajstić information content (AvgIpc) is 2.99. The topological polar surface area (TPSA) is 0 Å². The van der Waals surface area contributed by atoms with Gasteiger partial charge < -0.3 is 0 Å². The van der Waals surface area contributed by atoms with Crippen molar-refractivity contribution in [1.29, 1.82) is 0 Å². The summed E-state index contributed by atoms with van der Waals surface area (Å²) in [4.78, 5) is 0. The molecular weight excluding hydrogens is 456 g/mol. The van der Waals surface area contributed by atoms with Crippen molar-refractivity contribution in [3.8, 4) is 0 Å². The molecule has 2 aromatic carbocycles. The van der Waals surface area contributed by atoms with E-state index in [-0.39, 0.29) is 17.8 Å². The summed E-state index contributed by atoms with van der Waals surface area (Å²) in [7, 11) is 0. The van der Waals surface area contributed by atoms with Crippen LogP contribution in [0.1, 0.15) is 18.4 Å². The second-order valence-corrected chi connectivity index (χ2v) is 10.5. The van der Waals surface area contributed by atoms with E-state index in [1.54, 1.807) is 0 Å². The molecule has 186 valence electrons. The van der Waals surface area contributed by atoms with Gasteiger partial charge in [-0.25, -0.2) is 0 Å². The summed E-state index contributed by atoms with van der Waals surface area (Å²) in [5.74, 6) is 1.01. The van der Waals surface area contributed by atoms with Gasteiger partial charge in [0.15, 0.2) is 0 Å². The molecule has 38 heavy (non-hydrogen) atoms. The Hall–Kier alpha value is -4.16. The minimum absolute atomic E-state index is 0.227. The van der Waals surface area contributed by atoms with E-state index in [0.29, 0.717) is 5.92 Å². The SMILES string of the molecule is C=C(/C=C\c1ccccc1)C1=c2ccccc2=C(C(=C)C2C=CC=CC2C2=CCCC=C2)C2C=CC=CC12. The molecule has 0 aromatic heterocycles. The summed E-state index contributed by atoms with van der Waals surface area (Å²) in [6, 6.07) is 19.3. The zero-order chi connectivity index (χ0) is 25.9. The van der Waals surface area contributed by atoms with Crippen LogP contribution in [0.4, 0.5) is 0 Å². The summed E-state index contributed by atoms with van der Waals surface area (Å²) in [5, 5.41) is 2.56. The van der Waals surface area contributed by atoms with Gasteiger partial charge in [-0.15, -0.1) is 0 Å². The smallest absolute Gasteiger partial charge is 0.0137 e. The Morgan fingerprint density at radius 3 is 2.03 bits per heavy atom. The first-order chi connectivity index (χ1) is 18.7. The van der Waals surface area contributed by atoms with E-state index in [2.05, 4.69) is 140 Å². The molecule has 0 heteroatoms. The Bertz CT molecular complexity index is 1590. The molecule has 0 saturated carbocycles. The first-order valence-electron chi connectivity index (χ1n) is 13.7. The van der Waals surface area contributed by atoms with Crippen molar-refractivity contribution in [2.75, 3.05) is 0 Å². The maximum Gasteiger partial charge on any atom is 0.0137 e. The summed E-state index contributed by atoms with van der Waals surface area (Å²) in [5.41, 5.74) is 7.56. The summed E-state index contributed by atoms with van der Waals surface area (Å²) in [6.07, 6.45) is 31.8. The van der Waals surface area contributed by atoms with Gasteiger partial charge in [-0.3, -0.25) is 0 Å². The van der Waals surface area contributed by atoms with Crippen LogP contribution in [0.25, 0.3) is 17.2 Å². The maximum atomic E-state index is 4.81. The predicted octanol–water partition coefficient (Wildman–Crippen LogP) is 7.82. The third-order valence-electron chi connectivity index (χ3n) is 8.22. The fourth-order valence-corrected chi connectivity index (χ4v) is 6.41. The van der Waals surface area contributed by atoms with Crippen LogP contribution in [-0.2, 0) is 0 Å². The fourth-order valence-electron chi connectivity index (χ4n) is 6.41. The zero-order valence-electron chi connectivity index (χ0n) is 21.8. The van der Waals surface area contributed by atoms with E-state index >= 15 is 0 Å². The number of benzene rings is 2. The molecule has 0 amide bonds. The van der Waals surface area contributed by atoms with Gasteiger partial charge in [-0.05, 0) is 56.7 Å². The third-order valence-corrected chi connectivity index (χ3v) is 8.22. The lowest BCUT2D eigenvalue weighted by atomic mass is 9.66. The molecule has 0 radical (unpaired) electrons. The highest BCUT2D eigenvalue weighted by Crippen LogP contribution is 2.44. The number of hydrogen-bond acceptors (Lipinski definition) is 0. The summed E-state index contributed by atoms with van der Waals surface area (Å²) in [6.45, 7) is 9.37. The van der Waals surface area contributed by atoms with Crippen LogP contribution in [0.2, 0.25) is 0 Å². The lowest BCUT2D eigenvalue weighted by Crippen LogP contribution is -2.41. The van der Waals surface area contributed by atoms with Crippen LogP contribution < -0.4 is 10.4 Å².